The number of aromatic nitrogens is 5. The summed E-state index contributed by atoms with van der Waals surface area (Å²) in [6.45, 7) is 10.5. The fourth-order valence-corrected chi connectivity index (χ4v) is 8.06. The Morgan fingerprint density at radius 1 is 1.02 bits per heavy atom. The highest BCUT2D eigenvalue weighted by molar-refractivity contribution is 7.85. The molecule has 0 saturated carbocycles. The number of halogens is 3. The molecular weight excluding hydrogens is 730 g/mol. The van der Waals surface area contributed by atoms with Crippen LogP contribution in [0.25, 0.3) is 54.9 Å². The summed E-state index contributed by atoms with van der Waals surface area (Å²) in [7, 11) is -2.15. The third kappa shape index (κ3) is 6.67. The summed E-state index contributed by atoms with van der Waals surface area (Å²) < 4.78 is 86.2. The number of thiophene rings is 1. The van der Waals surface area contributed by atoms with Crippen LogP contribution < -0.4 is 0 Å². The number of carbonyl (C=O) groups excluding carboxylic acids is 1. The molecule has 0 bridgehead atoms. The Balaban J connectivity index is 1.52. The van der Waals surface area contributed by atoms with Gasteiger partial charge in [0, 0.05) is 47.1 Å². The van der Waals surface area contributed by atoms with Crippen molar-refractivity contribution in [3.05, 3.63) is 76.3 Å². The number of carbonyl (C=O) groups is 1. The molecule has 7 rings (SSSR count). The minimum atomic E-state index is -4.05. The van der Waals surface area contributed by atoms with Gasteiger partial charge in [0.1, 0.15) is 34.6 Å². The van der Waals surface area contributed by atoms with Gasteiger partial charge in [-0.05, 0) is 71.4 Å². The zero-order chi connectivity index (χ0) is 38.3. The molecule has 53 heavy (non-hydrogen) atoms. The van der Waals surface area contributed by atoms with Gasteiger partial charge in [-0.25, -0.2) is 27.9 Å². The number of aryl methyl sites for hydroxylation is 2. The van der Waals surface area contributed by atoms with E-state index in [1.165, 1.54) is 5.38 Å². The fourth-order valence-electron chi connectivity index (χ4n) is 6.79. The Morgan fingerprint density at radius 2 is 1.75 bits per heavy atom. The van der Waals surface area contributed by atoms with E-state index in [2.05, 4.69) is 4.98 Å². The van der Waals surface area contributed by atoms with Crippen molar-refractivity contribution in [1.29, 1.82) is 0 Å². The standard InChI is InChI=1S/C37H37F3N6O5S2/c1-18-15-45(36(47)51-37(4,5)6)19(2)29-14-27(43-46(18)29)34-32(30-22(16-50-53(8,48)49)11-23(38)13-24(30)39)31-25(40)17-52-35(31)33(42-34)21-9-10-28-26(12-21)41-20(3)44(28)7/h9-14,17-19H,15-16H2,1-8H3/t18-,19+/m0/s1. The van der Waals surface area contributed by atoms with Gasteiger partial charge < -0.3 is 9.30 Å². The fraction of sp³-hybridized carbons (Fsp3) is 0.351. The lowest BCUT2D eigenvalue weighted by Gasteiger charge is -2.38. The summed E-state index contributed by atoms with van der Waals surface area (Å²) in [4.78, 5) is 24.6. The second-order valence-corrected chi connectivity index (χ2v) is 16.9. The number of hydrogen-bond donors (Lipinski definition) is 0. The van der Waals surface area contributed by atoms with E-state index in [0.29, 0.717) is 33.2 Å². The lowest BCUT2D eigenvalue weighted by molar-refractivity contribution is 0.00864. The molecule has 1 aliphatic rings. The number of ether oxygens (including phenoxy) is 1. The van der Waals surface area contributed by atoms with Gasteiger partial charge in [-0.3, -0.25) is 13.8 Å². The second kappa shape index (κ2) is 13.0. The van der Waals surface area contributed by atoms with Crippen LogP contribution in [0.3, 0.4) is 0 Å². The Hall–Kier alpha value is -4.80. The topological polar surface area (TPSA) is 121 Å². The highest BCUT2D eigenvalue weighted by Crippen LogP contribution is 2.47. The average molecular weight is 767 g/mol. The predicted molar refractivity (Wildman–Crippen MR) is 196 cm³/mol. The molecule has 1 aliphatic heterocycles. The number of nitrogens with zero attached hydrogens (tertiary/aromatic N) is 6. The van der Waals surface area contributed by atoms with Gasteiger partial charge >= 0.3 is 6.09 Å². The maximum Gasteiger partial charge on any atom is 0.410 e. The summed E-state index contributed by atoms with van der Waals surface area (Å²) in [6.07, 6.45) is 0.317. The van der Waals surface area contributed by atoms with Crippen LogP contribution in [0, 0.1) is 24.4 Å². The van der Waals surface area contributed by atoms with E-state index in [1.807, 2.05) is 50.6 Å². The Kier molecular flexibility index (Phi) is 8.93. The molecule has 0 unspecified atom stereocenters. The zero-order valence-electron chi connectivity index (χ0n) is 30.3. The second-order valence-electron chi connectivity index (χ2n) is 14.3. The monoisotopic (exact) mass is 766 g/mol. The number of rotatable bonds is 6. The van der Waals surface area contributed by atoms with Crippen LogP contribution >= 0.6 is 11.3 Å². The van der Waals surface area contributed by atoms with E-state index in [9.17, 15) is 17.6 Å². The molecule has 0 fully saturated rings. The molecule has 0 radical (unpaired) electrons. The molecule has 2 aromatic carbocycles. The molecule has 0 aliphatic carbocycles. The summed E-state index contributed by atoms with van der Waals surface area (Å²) in [5.41, 5.74) is 2.19. The van der Waals surface area contributed by atoms with Crippen LogP contribution in [0.15, 0.2) is 41.8 Å². The molecule has 1 amide bonds. The first-order valence-corrected chi connectivity index (χ1v) is 19.5. The van der Waals surface area contributed by atoms with E-state index < -0.39 is 51.9 Å². The van der Waals surface area contributed by atoms with Crippen LogP contribution in [0.4, 0.5) is 18.0 Å². The first-order valence-electron chi connectivity index (χ1n) is 16.8. The Bertz CT molecular complexity index is 2570. The number of fused-ring (bicyclic) bond motifs is 3. The van der Waals surface area contributed by atoms with Gasteiger partial charge in [0.25, 0.3) is 10.1 Å². The van der Waals surface area contributed by atoms with Crippen LogP contribution in [0.2, 0.25) is 0 Å². The van der Waals surface area contributed by atoms with Crippen molar-refractivity contribution in [2.24, 2.45) is 7.05 Å². The predicted octanol–water partition coefficient (Wildman–Crippen LogP) is 8.46. The molecule has 4 aromatic heterocycles. The normalized spacial score (nSPS) is 16.5. The van der Waals surface area contributed by atoms with E-state index in [-0.39, 0.29) is 46.1 Å². The van der Waals surface area contributed by atoms with Gasteiger partial charge in [0.05, 0.1) is 57.8 Å². The number of hydrogen-bond acceptors (Lipinski definition) is 9. The zero-order valence-corrected chi connectivity index (χ0v) is 31.9. The molecular formula is C37H37F3N6O5S2. The lowest BCUT2D eigenvalue weighted by atomic mass is 9.92. The number of benzene rings is 2. The van der Waals surface area contributed by atoms with Crippen molar-refractivity contribution in [1.82, 2.24) is 29.2 Å². The van der Waals surface area contributed by atoms with Gasteiger partial charge in [-0.2, -0.15) is 13.5 Å². The third-order valence-corrected chi connectivity index (χ3v) is 10.8. The Labute approximate surface area is 308 Å². The van der Waals surface area contributed by atoms with E-state index in [1.54, 1.807) is 36.4 Å². The maximum atomic E-state index is 16.3. The van der Waals surface area contributed by atoms with Crippen LogP contribution in [0.1, 0.15) is 63.8 Å². The first kappa shape index (κ1) is 36.6. The minimum Gasteiger partial charge on any atom is -0.444 e. The molecule has 2 atom stereocenters. The highest BCUT2D eigenvalue weighted by atomic mass is 32.2. The summed E-state index contributed by atoms with van der Waals surface area (Å²) in [5, 5.41) is 6.17. The molecule has 16 heteroatoms. The maximum absolute atomic E-state index is 16.3. The number of imidazole rings is 1. The van der Waals surface area contributed by atoms with Gasteiger partial charge in [0.2, 0.25) is 0 Å². The molecule has 0 N–H and O–H groups in total. The Morgan fingerprint density at radius 3 is 2.45 bits per heavy atom. The van der Waals surface area contributed by atoms with Crippen molar-refractivity contribution in [3.8, 4) is 33.8 Å². The average Bonchev–Trinajstić information content (AvgIpc) is 3.76. The van der Waals surface area contributed by atoms with Gasteiger partial charge in [-0.15, -0.1) is 11.3 Å². The van der Waals surface area contributed by atoms with Crippen molar-refractivity contribution in [3.63, 3.8) is 0 Å². The number of pyridine rings is 1. The molecule has 5 heterocycles. The van der Waals surface area contributed by atoms with Gasteiger partial charge in [-0.1, -0.05) is 6.07 Å². The van der Waals surface area contributed by atoms with Crippen molar-refractivity contribution < 1.29 is 35.3 Å². The van der Waals surface area contributed by atoms with E-state index >= 15 is 8.78 Å². The lowest BCUT2D eigenvalue weighted by Crippen LogP contribution is -2.45. The summed E-state index contributed by atoms with van der Waals surface area (Å²) in [6, 6.07) is 8.04. The van der Waals surface area contributed by atoms with Crippen LogP contribution in [0.5, 0.6) is 0 Å². The summed E-state index contributed by atoms with van der Waals surface area (Å²) >= 11 is 1.06. The smallest absolute Gasteiger partial charge is 0.410 e. The molecule has 0 saturated heterocycles. The van der Waals surface area contributed by atoms with E-state index in [4.69, 9.17) is 19.0 Å². The molecule has 11 nitrogen and oxygen atoms in total. The van der Waals surface area contributed by atoms with Crippen LogP contribution in [-0.4, -0.2) is 62.1 Å². The van der Waals surface area contributed by atoms with Crippen molar-refractivity contribution >= 4 is 48.7 Å². The van der Waals surface area contributed by atoms with Crippen molar-refractivity contribution in [2.75, 3.05) is 12.8 Å². The molecule has 0 spiro atoms. The summed E-state index contributed by atoms with van der Waals surface area (Å²) in [5.74, 6) is -1.96. The molecule has 6 aromatic rings. The largest absolute Gasteiger partial charge is 0.444 e. The highest BCUT2D eigenvalue weighted by Gasteiger charge is 2.37. The quantitative estimate of drug-likeness (QED) is 0.155. The minimum absolute atomic E-state index is 0.0131. The first-order chi connectivity index (χ1) is 24.8. The van der Waals surface area contributed by atoms with Crippen LogP contribution in [-0.2, 0) is 32.7 Å². The molecule has 278 valence electrons. The third-order valence-electron chi connectivity index (χ3n) is 9.27. The van der Waals surface area contributed by atoms with E-state index in [0.717, 1.165) is 35.0 Å². The SMILES string of the molecule is Cc1nc2cc(-c3nc(-c4cc5n(n4)[C@@H](C)CN(C(=O)OC(C)(C)C)[C@@H]5C)c(-c4c(F)cc(F)cc4COS(C)(=O)=O)c4c(F)csc34)ccc2n1C. The number of amides is 1. The van der Waals surface area contributed by atoms with Gasteiger partial charge in [0.15, 0.2) is 0 Å². The van der Waals surface area contributed by atoms with Crippen molar-refractivity contribution in [2.45, 2.75) is 65.8 Å².